The van der Waals surface area contributed by atoms with Crippen molar-refractivity contribution in [3.05, 3.63) is 0 Å². The van der Waals surface area contributed by atoms with Gasteiger partial charge in [-0.25, -0.2) is 0 Å². The van der Waals surface area contributed by atoms with Crippen LogP contribution in [0.2, 0.25) is 0 Å². The van der Waals surface area contributed by atoms with Gasteiger partial charge in [0.05, 0.1) is 0 Å². The van der Waals surface area contributed by atoms with Crippen molar-refractivity contribution in [3.8, 4) is 0 Å². The predicted octanol–water partition coefficient (Wildman–Crippen LogP) is -7.54. The first kappa shape index (κ1) is 58.7. The molecule has 0 spiro atoms. The number of hydrogen-bond acceptors (Lipinski definition) is 2. The van der Waals surface area contributed by atoms with Crippen LogP contribution in [0, 0.1) is 0 Å². The minimum absolute atomic E-state index is 0. The molecule has 0 aliphatic heterocycles. The van der Waals surface area contributed by atoms with E-state index in [4.69, 9.17) is 9.90 Å². The van der Waals surface area contributed by atoms with E-state index in [-0.39, 0.29) is 51.5 Å². The summed E-state index contributed by atoms with van der Waals surface area (Å²) in [5.41, 5.74) is 0. The van der Waals surface area contributed by atoms with Crippen LogP contribution in [0.15, 0.2) is 0 Å². The Morgan fingerprint density at radius 2 is 1.11 bits per heavy atom. The summed E-state index contributed by atoms with van der Waals surface area (Å²) in [6, 6.07) is 0. The maximum absolute atomic E-state index is 8.89. The fourth-order valence-corrected chi connectivity index (χ4v) is 0. The van der Waals surface area contributed by atoms with Gasteiger partial charge in [-0.3, -0.25) is 0 Å². The first-order valence-corrected chi connectivity index (χ1v) is 0.908. The zero-order valence-electron chi connectivity index (χ0n) is 5.32. The molecule has 9 heavy (non-hydrogen) atoms. The van der Waals surface area contributed by atoms with Gasteiger partial charge >= 0.3 is 29.6 Å². The molecular formula is C2H11NaO6. The van der Waals surface area contributed by atoms with Crippen molar-refractivity contribution in [1.82, 2.24) is 0 Å². The molecule has 8 N–H and O–H groups in total. The van der Waals surface area contributed by atoms with Crippen molar-refractivity contribution >= 4 is 5.97 Å². The normalized spacial score (nSPS) is 2.78. The number of carboxylic acids is 1. The van der Waals surface area contributed by atoms with Gasteiger partial charge < -0.3 is 31.8 Å². The summed E-state index contributed by atoms with van der Waals surface area (Å²) in [4.78, 5) is 8.89. The number of carbonyl (C=O) groups excluding carboxylic acids is 1. The molecule has 6 nitrogen and oxygen atoms in total. The average Bonchev–Trinajstić information content (AvgIpc) is 0.811. The number of carboxylic acid groups (broad SMARTS) is 1. The van der Waals surface area contributed by atoms with Crippen molar-refractivity contribution < 1.29 is 61.4 Å². The van der Waals surface area contributed by atoms with E-state index >= 15 is 0 Å². The third-order valence-electron chi connectivity index (χ3n) is 0. The molecule has 7 heteroatoms. The van der Waals surface area contributed by atoms with Crippen LogP contribution in [0.3, 0.4) is 0 Å². The van der Waals surface area contributed by atoms with E-state index < -0.39 is 5.97 Å². The Hall–Kier alpha value is 0.310. The third kappa shape index (κ3) is 3440. The summed E-state index contributed by atoms with van der Waals surface area (Å²) in [6.45, 7) is 0.972. The molecular weight excluding hydrogens is 143 g/mol. The smallest absolute Gasteiger partial charge is 0.550 e. The van der Waals surface area contributed by atoms with E-state index in [0.29, 0.717) is 0 Å². The van der Waals surface area contributed by atoms with Crippen LogP contribution >= 0.6 is 0 Å². The zero-order chi connectivity index (χ0) is 3.58. The molecule has 0 saturated heterocycles. The van der Waals surface area contributed by atoms with Gasteiger partial charge in [-0.05, 0) is 6.92 Å². The van der Waals surface area contributed by atoms with Gasteiger partial charge in [0.15, 0.2) is 0 Å². The molecule has 0 aliphatic carbocycles. The van der Waals surface area contributed by atoms with E-state index in [1.165, 1.54) is 0 Å². The Balaban J connectivity index is -0.00000000450. The summed E-state index contributed by atoms with van der Waals surface area (Å²) >= 11 is 0. The Bertz CT molecular complexity index is 34.0. The van der Waals surface area contributed by atoms with Crippen LogP contribution in [-0.2, 0) is 4.79 Å². The Morgan fingerprint density at radius 3 is 1.11 bits per heavy atom. The Morgan fingerprint density at radius 1 is 1.11 bits per heavy atom. The molecule has 0 aromatic carbocycles. The predicted molar refractivity (Wildman–Crippen MR) is 25.1 cm³/mol. The standard InChI is InChI=1S/C2H4O2.Na.4H2O/c1-2(3)4;;;;;/h1H3,(H,3,4);;4*1H2/q;+1;;;;/p-1. The van der Waals surface area contributed by atoms with Crippen LogP contribution in [0.4, 0.5) is 0 Å². The summed E-state index contributed by atoms with van der Waals surface area (Å²) in [5, 5.41) is 8.89. The Labute approximate surface area is 74.4 Å². The van der Waals surface area contributed by atoms with Gasteiger partial charge in [-0.1, -0.05) is 0 Å². The maximum atomic E-state index is 8.89. The average molecular weight is 154 g/mol. The van der Waals surface area contributed by atoms with Crippen LogP contribution in [-0.4, -0.2) is 27.9 Å². The first-order chi connectivity index (χ1) is 1.73. The molecule has 0 bridgehead atoms. The van der Waals surface area contributed by atoms with Crippen LogP contribution in [0.25, 0.3) is 0 Å². The van der Waals surface area contributed by atoms with Crippen molar-refractivity contribution in [2.24, 2.45) is 0 Å². The fourth-order valence-electron chi connectivity index (χ4n) is 0. The minimum Gasteiger partial charge on any atom is -0.550 e. The largest absolute Gasteiger partial charge is 1.00 e. The summed E-state index contributed by atoms with van der Waals surface area (Å²) in [6.07, 6.45) is 0. The summed E-state index contributed by atoms with van der Waals surface area (Å²) < 4.78 is 0. The number of hydrogen-bond donors (Lipinski definition) is 0. The molecule has 0 aromatic rings. The summed E-state index contributed by atoms with van der Waals surface area (Å²) in [7, 11) is 0. The molecule has 0 saturated carbocycles. The van der Waals surface area contributed by atoms with Crippen molar-refractivity contribution in [2.75, 3.05) is 0 Å². The molecule has 0 rings (SSSR count). The maximum Gasteiger partial charge on any atom is 1.00 e. The molecule has 0 aromatic heterocycles. The quantitative estimate of drug-likeness (QED) is 0.316. The molecule has 0 radical (unpaired) electrons. The van der Waals surface area contributed by atoms with E-state index in [2.05, 4.69) is 0 Å². The molecule has 0 fully saturated rings. The monoisotopic (exact) mass is 154 g/mol. The fraction of sp³-hybridized carbons (Fsp3) is 0.500. The topological polar surface area (TPSA) is 166 Å². The van der Waals surface area contributed by atoms with E-state index in [1.807, 2.05) is 0 Å². The van der Waals surface area contributed by atoms with Gasteiger partial charge in [0.1, 0.15) is 0 Å². The van der Waals surface area contributed by atoms with Crippen LogP contribution in [0.5, 0.6) is 0 Å². The molecule has 0 amide bonds. The molecule has 0 atom stereocenters. The number of rotatable bonds is 0. The number of aliphatic carboxylic acids is 1. The second kappa shape index (κ2) is 40.5. The van der Waals surface area contributed by atoms with Gasteiger partial charge in [-0.15, -0.1) is 0 Å². The van der Waals surface area contributed by atoms with Gasteiger partial charge in [0.25, 0.3) is 0 Å². The molecule has 0 heterocycles. The van der Waals surface area contributed by atoms with Crippen LogP contribution < -0.4 is 34.7 Å². The van der Waals surface area contributed by atoms with Crippen LogP contribution in [0.1, 0.15) is 6.92 Å². The SMILES string of the molecule is CC(=O)[O-].O.O.O.O.[Na+]. The van der Waals surface area contributed by atoms with Gasteiger partial charge in [0.2, 0.25) is 0 Å². The van der Waals surface area contributed by atoms with E-state index in [0.717, 1.165) is 6.92 Å². The second-order valence-electron chi connectivity index (χ2n) is 0.492. The summed E-state index contributed by atoms with van der Waals surface area (Å²) in [5.74, 6) is -1.08. The van der Waals surface area contributed by atoms with Crippen molar-refractivity contribution in [1.29, 1.82) is 0 Å². The minimum atomic E-state index is -1.08. The van der Waals surface area contributed by atoms with Gasteiger partial charge in [0, 0.05) is 5.97 Å². The first-order valence-electron chi connectivity index (χ1n) is 0.908. The van der Waals surface area contributed by atoms with Crippen molar-refractivity contribution in [3.63, 3.8) is 0 Å². The second-order valence-corrected chi connectivity index (χ2v) is 0.492. The van der Waals surface area contributed by atoms with E-state index in [1.54, 1.807) is 0 Å². The van der Waals surface area contributed by atoms with E-state index in [9.17, 15) is 0 Å². The Kier molecular flexibility index (Phi) is 264. The zero-order valence-corrected chi connectivity index (χ0v) is 7.32. The van der Waals surface area contributed by atoms with Gasteiger partial charge in [-0.2, -0.15) is 0 Å². The number of carbonyl (C=O) groups is 1. The third-order valence-corrected chi connectivity index (χ3v) is 0. The van der Waals surface area contributed by atoms with Crippen molar-refractivity contribution in [2.45, 2.75) is 6.92 Å². The molecule has 0 aliphatic rings. The molecule has 56 valence electrons. The molecule has 0 unspecified atom stereocenters.